The molecule has 2 N–H and O–H groups in total. The van der Waals surface area contributed by atoms with Gasteiger partial charge in [0, 0.05) is 42.8 Å². The summed E-state index contributed by atoms with van der Waals surface area (Å²) in [6.45, 7) is 4.22. The predicted molar refractivity (Wildman–Crippen MR) is 117 cm³/mol. The molecule has 0 aromatic heterocycles. The van der Waals surface area contributed by atoms with Crippen LogP contribution >= 0.6 is 11.6 Å². The number of carboxylic acids is 1. The van der Waals surface area contributed by atoms with Gasteiger partial charge in [0.25, 0.3) is 0 Å². The minimum absolute atomic E-state index is 0.726. The molecular weight excluding hydrogens is 429 g/mol. The quantitative estimate of drug-likeness (QED) is 0.550. The van der Waals surface area contributed by atoms with Gasteiger partial charge in [0.15, 0.2) is 0 Å². The summed E-state index contributed by atoms with van der Waals surface area (Å²) in [6, 6.07) is 23.5. The monoisotopic (exact) mass is 450 g/mol. The van der Waals surface area contributed by atoms with Gasteiger partial charge in [-0.15, -0.1) is 0 Å². The van der Waals surface area contributed by atoms with Gasteiger partial charge in [-0.05, 0) is 40.6 Å². The number of hydrogen-bond acceptors (Lipinski definition) is 3. The van der Waals surface area contributed by atoms with Gasteiger partial charge in [0.2, 0.25) is 0 Å². The molecule has 0 atom stereocenters. The normalized spacial score (nSPS) is 13.8. The molecular formula is C23H22ClF3N2O2. The molecule has 8 heteroatoms. The number of anilines is 1. The first kappa shape index (κ1) is 22.9. The van der Waals surface area contributed by atoms with Crippen molar-refractivity contribution in [1.29, 1.82) is 0 Å². The molecule has 4 rings (SSSR count). The highest BCUT2D eigenvalue weighted by atomic mass is 35.5. The number of nitrogens with zero attached hydrogens (tertiary/aromatic N) is 1. The van der Waals surface area contributed by atoms with E-state index >= 15 is 0 Å². The lowest BCUT2D eigenvalue weighted by Gasteiger charge is -2.34. The molecule has 3 aromatic carbocycles. The topological polar surface area (TPSA) is 52.6 Å². The zero-order chi connectivity index (χ0) is 22.4. The Morgan fingerprint density at radius 1 is 1.03 bits per heavy atom. The lowest BCUT2D eigenvalue weighted by Crippen LogP contribution is -2.48. The summed E-state index contributed by atoms with van der Waals surface area (Å²) in [5, 5.41) is 13.9. The third-order valence-corrected chi connectivity index (χ3v) is 5.22. The number of rotatable bonds is 5. The molecule has 0 bridgehead atoms. The Bertz CT molecular complexity index is 1020. The maximum absolute atomic E-state index is 10.6. The number of alkyl halides is 3. The van der Waals surface area contributed by atoms with Crippen molar-refractivity contribution in [2.45, 2.75) is 12.7 Å². The number of benzene rings is 3. The number of halogens is 4. The highest BCUT2D eigenvalue weighted by Crippen LogP contribution is 2.25. The maximum Gasteiger partial charge on any atom is 0.490 e. The smallest absolute Gasteiger partial charge is 0.475 e. The van der Waals surface area contributed by atoms with Crippen molar-refractivity contribution < 1.29 is 23.1 Å². The molecule has 1 aliphatic rings. The van der Waals surface area contributed by atoms with Crippen molar-refractivity contribution in [1.82, 2.24) is 5.32 Å². The molecule has 1 heterocycles. The number of hydrogen-bond donors (Lipinski definition) is 2. The van der Waals surface area contributed by atoms with Gasteiger partial charge in [-0.25, -0.2) is 4.79 Å². The van der Waals surface area contributed by atoms with E-state index in [1.54, 1.807) is 0 Å². The Labute approximate surface area is 183 Å². The minimum Gasteiger partial charge on any atom is -0.475 e. The van der Waals surface area contributed by atoms with Crippen LogP contribution in [0.5, 0.6) is 0 Å². The lowest BCUT2D eigenvalue weighted by molar-refractivity contribution is -0.192. The van der Waals surface area contributed by atoms with E-state index in [0.717, 1.165) is 37.1 Å². The third kappa shape index (κ3) is 6.60. The van der Waals surface area contributed by atoms with Gasteiger partial charge in [0.1, 0.15) is 0 Å². The van der Waals surface area contributed by atoms with Crippen molar-refractivity contribution in [2.24, 2.45) is 5.92 Å². The number of aliphatic carboxylic acids is 1. The fourth-order valence-electron chi connectivity index (χ4n) is 3.23. The molecule has 31 heavy (non-hydrogen) atoms. The van der Waals surface area contributed by atoms with E-state index in [2.05, 4.69) is 64.8 Å². The Balaban J connectivity index is 0.000000339. The van der Waals surface area contributed by atoms with E-state index in [1.807, 2.05) is 12.1 Å². The summed E-state index contributed by atoms with van der Waals surface area (Å²) in [4.78, 5) is 11.4. The SMILES string of the molecule is Clc1ccc(CN(CC2CNC2)c2ccc3ccccc3c2)cc1.O=C(O)C(F)(F)F. The molecule has 0 amide bonds. The molecule has 0 radical (unpaired) electrons. The van der Waals surface area contributed by atoms with Crippen LogP contribution in [0.4, 0.5) is 18.9 Å². The van der Waals surface area contributed by atoms with Gasteiger partial charge in [-0.1, -0.05) is 54.1 Å². The number of nitrogens with one attached hydrogen (secondary N) is 1. The van der Waals surface area contributed by atoms with E-state index in [-0.39, 0.29) is 0 Å². The first-order chi connectivity index (χ1) is 14.7. The van der Waals surface area contributed by atoms with E-state index in [0.29, 0.717) is 0 Å². The largest absolute Gasteiger partial charge is 0.490 e. The molecule has 0 saturated carbocycles. The Hall–Kier alpha value is -2.77. The zero-order valence-corrected chi connectivity index (χ0v) is 17.3. The molecule has 0 unspecified atom stereocenters. The fraction of sp³-hybridized carbons (Fsp3) is 0.261. The molecule has 3 aromatic rings. The Morgan fingerprint density at radius 2 is 1.65 bits per heavy atom. The Morgan fingerprint density at radius 3 is 2.19 bits per heavy atom. The van der Waals surface area contributed by atoms with Crippen molar-refractivity contribution in [3.05, 3.63) is 77.3 Å². The van der Waals surface area contributed by atoms with E-state index < -0.39 is 12.1 Å². The van der Waals surface area contributed by atoms with Gasteiger partial charge in [0.05, 0.1) is 0 Å². The van der Waals surface area contributed by atoms with Crippen LogP contribution < -0.4 is 10.2 Å². The maximum atomic E-state index is 10.6. The van der Waals surface area contributed by atoms with Crippen molar-refractivity contribution >= 4 is 34.0 Å². The number of carboxylic acid groups (broad SMARTS) is 1. The molecule has 4 nitrogen and oxygen atoms in total. The summed E-state index contributed by atoms with van der Waals surface area (Å²) in [5.41, 5.74) is 2.58. The van der Waals surface area contributed by atoms with Crippen LogP contribution in [0.1, 0.15) is 5.56 Å². The van der Waals surface area contributed by atoms with E-state index in [9.17, 15) is 13.2 Å². The van der Waals surface area contributed by atoms with E-state index in [1.165, 1.54) is 22.0 Å². The zero-order valence-electron chi connectivity index (χ0n) is 16.6. The standard InChI is InChI=1S/C21H21ClN2.C2HF3O2/c22-20-8-5-16(6-9-20)14-24(15-17-12-23-13-17)21-10-7-18-3-1-2-4-19(18)11-21;3-2(4,5)1(6)7/h1-11,17,23H,12-15H2;(H,6,7). The van der Waals surface area contributed by atoms with Crippen molar-refractivity contribution in [3.8, 4) is 0 Å². The Kier molecular flexibility index (Phi) is 7.41. The van der Waals surface area contributed by atoms with E-state index in [4.69, 9.17) is 21.5 Å². The van der Waals surface area contributed by atoms with Crippen LogP contribution in [0.3, 0.4) is 0 Å². The molecule has 1 aliphatic heterocycles. The average molecular weight is 451 g/mol. The molecule has 0 spiro atoms. The van der Waals surface area contributed by atoms with Crippen LogP contribution in [-0.4, -0.2) is 36.9 Å². The van der Waals surface area contributed by atoms with Gasteiger partial charge in [-0.3, -0.25) is 0 Å². The summed E-state index contributed by atoms with van der Waals surface area (Å²) < 4.78 is 31.7. The second-order valence-corrected chi connectivity index (χ2v) is 7.80. The summed E-state index contributed by atoms with van der Waals surface area (Å²) >= 11 is 6.02. The molecule has 0 aliphatic carbocycles. The molecule has 164 valence electrons. The van der Waals surface area contributed by atoms with Crippen LogP contribution in [0.15, 0.2) is 66.7 Å². The molecule has 1 fully saturated rings. The summed E-state index contributed by atoms with van der Waals surface area (Å²) in [5.74, 6) is -2.03. The summed E-state index contributed by atoms with van der Waals surface area (Å²) in [6.07, 6.45) is -5.08. The van der Waals surface area contributed by atoms with Gasteiger partial charge >= 0.3 is 12.1 Å². The highest BCUT2D eigenvalue weighted by Gasteiger charge is 2.38. The average Bonchev–Trinajstić information content (AvgIpc) is 2.70. The van der Waals surface area contributed by atoms with Gasteiger partial charge in [-0.2, -0.15) is 13.2 Å². The van der Waals surface area contributed by atoms with Crippen LogP contribution in [0, 0.1) is 5.92 Å². The second-order valence-electron chi connectivity index (χ2n) is 7.37. The number of fused-ring (bicyclic) bond motifs is 1. The minimum atomic E-state index is -5.08. The lowest BCUT2D eigenvalue weighted by atomic mass is 10.0. The van der Waals surface area contributed by atoms with Crippen molar-refractivity contribution in [2.75, 3.05) is 24.5 Å². The first-order valence-corrected chi connectivity index (χ1v) is 10.1. The first-order valence-electron chi connectivity index (χ1n) is 9.71. The summed E-state index contributed by atoms with van der Waals surface area (Å²) in [7, 11) is 0. The predicted octanol–water partition coefficient (Wildman–Crippen LogP) is 5.35. The van der Waals surface area contributed by atoms with Crippen LogP contribution in [0.2, 0.25) is 5.02 Å². The van der Waals surface area contributed by atoms with Crippen LogP contribution in [-0.2, 0) is 11.3 Å². The fourth-order valence-corrected chi connectivity index (χ4v) is 3.36. The van der Waals surface area contributed by atoms with Crippen LogP contribution in [0.25, 0.3) is 10.8 Å². The third-order valence-electron chi connectivity index (χ3n) is 4.97. The van der Waals surface area contributed by atoms with Crippen molar-refractivity contribution in [3.63, 3.8) is 0 Å². The number of carbonyl (C=O) groups is 1. The van der Waals surface area contributed by atoms with Gasteiger partial charge < -0.3 is 15.3 Å². The highest BCUT2D eigenvalue weighted by molar-refractivity contribution is 6.30. The second kappa shape index (κ2) is 10.0. The molecule has 1 saturated heterocycles.